The lowest BCUT2D eigenvalue weighted by molar-refractivity contribution is -0.140. The molecule has 1 amide bonds. The molecule has 0 saturated carbocycles. The summed E-state index contributed by atoms with van der Waals surface area (Å²) in [6.45, 7) is 1.68. The van der Waals surface area contributed by atoms with Crippen LogP contribution in [0.2, 0.25) is 0 Å². The van der Waals surface area contributed by atoms with E-state index >= 15 is 0 Å². The molecule has 0 aromatic heterocycles. The zero-order chi connectivity index (χ0) is 22.1. The summed E-state index contributed by atoms with van der Waals surface area (Å²) in [5.41, 5.74) is 0.986. The number of benzene rings is 2. The highest BCUT2D eigenvalue weighted by Gasteiger charge is 2.46. The molecule has 2 aliphatic rings. The zero-order valence-corrected chi connectivity index (χ0v) is 17.4. The maximum Gasteiger partial charge on any atom is 0.295 e. The number of rotatable bonds is 5. The Morgan fingerprint density at radius 1 is 1.06 bits per heavy atom. The van der Waals surface area contributed by atoms with Crippen molar-refractivity contribution in [2.45, 2.75) is 6.04 Å². The first kappa shape index (κ1) is 20.7. The second-order valence-corrected chi connectivity index (χ2v) is 7.75. The molecule has 2 aliphatic heterocycles. The number of aliphatic hydroxyl groups excluding tert-OH is 1. The summed E-state index contributed by atoms with van der Waals surface area (Å²) in [7, 11) is 3.75. The van der Waals surface area contributed by atoms with E-state index < -0.39 is 17.7 Å². The number of aromatic hydroxyl groups is 1. The van der Waals surface area contributed by atoms with Crippen molar-refractivity contribution in [3.05, 3.63) is 59.2 Å². The number of phenols is 1. The number of amides is 1. The Kier molecular flexibility index (Phi) is 5.56. The van der Waals surface area contributed by atoms with Gasteiger partial charge in [-0.2, -0.15) is 0 Å². The lowest BCUT2D eigenvalue weighted by atomic mass is 9.95. The van der Waals surface area contributed by atoms with E-state index in [0.29, 0.717) is 48.9 Å². The number of nitrogens with zero attached hydrogens (tertiary/aromatic N) is 2. The van der Waals surface area contributed by atoms with E-state index in [1.54, 1.807) is 30.3 Å². The molecule has 1 fully saturated rings. The summed E-state index contributed by atoms with van der Waals surface area (Å²) < 4.78 is 11.1. The predicted molar refractivity (Wildman–Crippen MR) is 113 cm³/mol. The SMILES string of the molecule is CN(C)CCN1C(=O)C(=O)C(=C(O)c2ccc3c(c2)OCCO3)C1c1ccc(O)cc1. The van der Waals surface area contributed by atoms with Crippen molar-refractivity contribution in [3.63, 3.8) is 0 Å². The number of likely N-dealkylation sites (N-methyl/N-ethyl adjacent to an activating group) is 1. The Bertz CT molecular complexity index is 1040. The molecule has 2 aromatic carbocycles. The topological polar surface area (TPSA) is 99.5 Å². The van der Waals surface area contributed by atoms with Crippen molar-refractivity contribution in [2.75, 3.05) is 40.4 Å². The normalized spacial score (nSPS) is 19.8. The maximum atomic E-state index is 13.0. The molecule has 8 nitrogen and oxygen atoms in total. The van der Waals surface area contributed by atoms with Crippen LogP contribution in [0.15, 0.2) is 48.0 Å². The number of likely N-dealkylation sites (tertiary alicyclic amines) is 1. The van der Waals surface area contributed by atoms with Gasteiger partial charge in [-0.1, -0.05) is 12.1 Å². The van der Waals surface area contributed by atoms with Gasteiger partial charge in [0.1, 0.15) is 24.7 Å². The number of Topliss-reactive ketones (excluding diaryl/α,β-unsaturated/α-hetero) is 1. The van der Waals surface area contributed by atoms with E-state index in [2.05, 4.69) is 0 Å². The molecule has 2 aromatic rings. The van der Waals surface area contributed by atoms with Crippen LogP contribution in [-0.4, -0.2) is 72.1 Å². The maximum absolute atomic E-state index is 13.0. The predicted octanol–water partition coefficient (Wildman–Crippen LogP) is 2.15. The molecule has 4 rings (SSSR count). The third-order valence-electron chi connectivity index (χ3n) is 5.35. The Morgan fingerprint density at radius 2 is 1.74 bits per heavy atom. The van der Waals surface area contributed by atoms with Crippen LogP contribution >= 0.6 is 0 Å². The Morgan fingerprint density at radius 3 is 2.42 bits per heavy atom. The van der Waals surface area contributed by atoms with Crippen LogP contribution < -0.4 is 9.47 Å². The van der Waals surface area contributed by atoms with Crippen molar-refractivity contribution < 1.29 is 29.3 Å². The van der Waals surface area contributed by atoms with E-state index in [4.69, 9.17) is 9.47 Å². The monoisotopic (exact) mass is 424 g/mol. The molecule has 1 unspecified atom stereocenters. The zero-order valence-electron chi connectivity index (χ0n) is 17.4. The lowest BCUT2D eigenvalue weighted by Gasteiger charge is -2.26. The van der Waals surface area contributed by atoms with Gasteiger partial charge >= 0.3 is 0 Å². The highest BCUT2D eigenvalue weighted by molar-refractivity contribution is 6.46. The Balaban J connectivity index is 1.81. The van der Waals surface area contributed by atoms with Crippen LogP contribution in [0.25, 0.3) is 5.76 Å². The van der Waals surface area contributed by atoms with Crippen LogP contribution in [-0.2, 0) is 9.59 Å². The van der Waals surface area contributed by atoms with E-state index in [-0.39, 0.29) is 17.1 Å². The number of ether oxygens (including phenoxy) is 2. The Hall–Kier alpha value is -3.52. The quantitative estimate of drug-likeness (QED) is 0.431. The van der Waals surface area contributed by atoms with E-state index in [1.807, 2.05) is 19.0 Å². The number of hydrogen-bond acceptors (Lipinski definition) is 7. The fourth-order valence-electron chi connectivity index (χ4n) is 3.77. The summed E-state index contributed by atoms with van der Waals surface area (Å²) in [5.74, 6) is -0.590. The first-order valence-electron chi connectivity index (χ1n) is 9.99. The molecule has 31 heavy (non-hydrogen) atoms. The summed E-state index contributed by atoms with van der Waals surface area (Å²) in [4.78, 5) is 29.2. The number of carbonyl (C=O) groups excluding carboxylic acids is 2. The molecule has 1 atom stereocenters. The number of ketones is 1. The van der Waals surface area contributed by atoms with Gasteiger partial charge in [-0.15, -0.1) is 0 Å². The van der Waals surface area contributed by atoms with Gasteiger partial charge in [0.2, 0.25) is 0 Å². The minimum Gasteiger partial charge on any atom is -0.508 e. The molecule has 0 bridgehead atoms. The van der Waals surface area contributed by atoms with Crippen LogP contribution in [0.1, 0.15) is 17.2 Å². The molecular weight excluding hydrogens is 400 g/mol. The van der Waals surface area contributed by atoms with Gasteiger partial charge in [-0.25, -0.2) is 0 Å². The smallest absolute Gasteiger partial charge is 0.295 e. The summed E-state index contributed by atoms with van der Waals surface area (Å²) in [6, 6.07) is 10.4. The van der Waals surface area contributed by atoms with Crippen molar-refractivity contribution in [3.8, 4) is 17.2 Å². The van der Waals surface area contributed by atoms with E-state index in [9.17, 15) is 19.8 Å². The highest BCUT2D eigenvalue weighted by Crippen LogP contribution is 2.41. The standard InChI is InChI=1S/C23H24N2O6/c1-24(2)9-10-25-20(14-3-6-16(26)7-4-14)19(22(28)23(25)29)21(27)15-5-8-17-18(13-15)31-12-11-30-17/h3-8,13,20,26-27H,9-12H2,1-2H3. The third-order valence-corrected chi connectivity index (χ3v) is 5.35. The van der Waals surface area contributed by atoms with E-state index in [0.717, 1.165) is 0 Å². The first-order chi connectivity index (χ1) is 14.9. The van der Waals surface area contributed by atoms with Crippen molar-refractivity contribution in [1.29, 1.82) is 0 Å². The minimum absolute atomic E-state index is 0.00567. The fourth-order valence-corrected chi connectivity index (χ4v) is 3.77. The second-order valence-electron chi connectivity index (χ2n) is 7.75. The molecule has 0 aliphatic carbocycles. The Labute approximate surface area is 179 Å². The number of aliphatic hydroxyl groups is 1. The van der Waals surface area contributed by atoms with Gasteiger partial charge in [-0.05, 0) is 50.0 Å². The third kappa shape index (κ3) is 3.94. The van der Waals surface area contributed by atoms with Gasteiger partial charge in [0, 0.05) is 18.7 Å². The molecule has 1 saturated heterocycles. The number of carbonyl (C=O) groups is 2. The van der Waals surface area contributed by atoms with Crippen LogP contribution in [0.4, 0.5) is 0 Å². The van der Waals surface area contributed by atoms with Gasteiger partial charge in [0.15, 0.2) is 11.5 Å². The van der Waals surface area contributed by atoms with Crippen LogP contribution in [0.5, 0.6) is 17.2 Å². The number of fused-ring (bicyclic) bond motifs is 1. The highest BCUT2D eigenvalue weighted by atomic mass is 16.6. The average Bonchev–Trinajstić information content (AvgIpc) is 3.02. The van der Waals surface area contributed by atoms with Gasteiger partial charge in [-0.3, -0.25) is 9.59 Å². The largest absolute Gasteiger partial charge is 0.508 e. The van der Waals surface area contributed by atoms with Crippen molar-refractivity contribution >= 4 is 17.4 Å². The molecular formula is C23H24N2O6. The molecule has 8 heteroatoms. The van der Waals surface area contributed by atoms with Crippen molar-refractivity contribution in [2.24, 2.45) is 0 Å². The van der Waals surface area contributed by atoms with Gasteiger partial charge < -0.3 is 29.5 Å². The summed E-state index contributed by atoms with van der Waals surface area (Å²) >= 11 is 0. The molecule has 162 valence electrons. The summed E-state index contributed by atoms with van der Waals surface area (Å²) in [5, 5.41) is 20.8. The first-order valence-corrected chi connectivity index (χ1v) is 9.99. The molecule has 0 radical (unpaired) electrons. The lowest BCUT2D eigenvalue weighted by Crippen LogP contribution is -2.35. The number of phenolic OH excluding ortho intramolecular Hbond substituents is 1. The van der Waals surface area contributed by atoms with E-state index in [1.165, 1.54) is 17.0 Å². The molecule has 2 N–H and O–H groups in total. The fraction of sp³-hybridized carbons (Fsp3) is 0.304. The summed E-state index contributed by atoms with van der Waals surface area (Å²) in [6.07, 6.45) is 0. The molecule has 0 spiro atoms. The van der Waals surface area contributed by atoms with Gasteiger partial charge in [0.05, 0.1) is 11.6 Å². The number of hydrogen-bond donors (Lipinski definition) is 2. The average molecular weight is 424 g/mol. The van der Waals surface area contributed by atoms with Crippen LogP contribution in [0, 0.1) is 0 Å². The second kappa shape index (κ2) is 8.31. The molecule has 2 heterocycles. The van der Waals surface area contributed by atoms with Gasteiger partial charge in [0.25, 0.3) is 11.7 Å². The van der Waals surface area contributed by atoms with Crippen LogP contribution in [0.3, 0.4) is 0 Å². The van der Waals surface area contributed by atoms with Crippen molar-refractivity contribution in [1.82, 2.24) is 9.80 Å². The minimum atomic E-state index is -0.770.